The third-order valence-electron chi connectivity index (χ3n) is 2.44. The summed E-state index contributed by atoms with van der Waals surface area (Å²) in [4.78, 5) is 28.1. The number of nitrogens with zero attached hydrogens (tertiary/aromatic N) is 2. The summed E-state index contributed by atoms with van der Waals surface area (Å²) in [6, 6.07) is 0.974. The van der Waals surface area contributed by atoms with Crippen LogP contribution < -0.4 is 5.32 Å². The lowest BCUT2D eigenvalue weighted by Crippen LogP contribution is -2.37. The van der Waals surface area contributed by atoms with Crippen molar-refractivity contribution in [3.05, 3.63) is 36.7 Å². The van der Waals surface area contributed by atoms with E-state index in [-0.39, 0.29) is 11.6 Å². The van der Waals surface area contributed by atoms with Gasteiger partial charge < -0.3 is 20.1 Å². The Bertz CT molecular complexity index is 490. The van der Waals surface area contributed by atoms with E-state index in [1.165, 1.54) is 23.4 Å². The van der Waals surface area contributed by atoms with Crippen molar-refractivity contribution in [1.82, 2.24) is 9.88 Å². The molecule has 1 aromatic rings. The molecule has 0 aliphatic carbocycles. The first-order valence-corrected chi connectivity index (χ1v) is 5.92. The zero-order valence-corrected chi connectivity index (χ0v) is 11.2. The minimum atomic E-state index is -1.10. The number of carbonyl (C=O) groups is 2. The highest BCUT2D eigenvalue weighted by atomic mass is 16.5. The normalized spacial score (nSPS) is 9.85. The Morgan fingerprint density at radius 2 is 2.30 bits per heavy atom. The van der Waals surface area contributed by atoms with Crippen LogP contribution in [0.15, 0.2) is 31.1 Å². The zero-order valence-electron chi connectivity index (χ0n) is 11.2. The molecule has 0 fully saturated rings. The molecule has 1 rings (SSSR count). The lowest BCUT2D eigenvalue weighted by atomic mass is 10.2. The van der Waals surface area contributed by atoms with Gasteiger partial charge in [-0.15, -0.1) is 6.58 Å². The first kappa shape index (κ1) is 15.6. The molecule has 1 aromatic heterocycles. The van der Waals surface area contributed by atoms with E-state index in [2.05, 4.69) is 16.9 Å². The van der Waals surface area contributed by atoms with Crippen LogP contribution >= 0.6 is 0 Å². The van der Waals surface area contributed by atoms with Crippen molar-refractivity contribution in [2.45, 2.75) is 0 Å². The van der Waals surface area contributed by atoms with Gasteiger partial charge in [-0.2, -0.15) is 0 Å². The van der Waals surface area contributed by atoms with Crippen molar-refractivity contribution in [2.75, 3.05) is 32.1 Å². The van der Waals surface area contributed by atoms with Gasteiger partial charge in [0.25, 0.3) is 0 Å². The number of pyridine rings is 1. The average molecular weight is 279 g/mol. The second-order valence-electron chi connectivity index (χ2n) is 3.93. The second kappa shape index (κ2) is 7.90. The molecule has 0 aromatic carbocycles. The Labute approximate surface area is 116 Å². The Morgan fingerprint density at radius 1 is 1.55 bits per heavy atom. The molecule has 7 heteroatoms. The number of aromatic carboxylic acids is 1. The van der Waals surface area contributed by atoms with Gasteiger partial charge in [-0.05, 0) is 6.07 Å². The fraction of sp³-hybridized carbons (Fsp3) is 0.308. The number of nitrogens with one attached hydrogen (secondary N) is 1. The van der Waals surface area contributed by atoms with Crippen molar-refractivity contribution in [3.63, 3.8) is 0 Å². The molecule has 0 radical (unpaired) electrons. The highest BCUT2D eigenvalue weighted by Crippen LogP contribution is 2.09. The Hall–Kier alpha value is -2.41. The largest absolute Gasteiger partial charge is 0.478 e. The third-order valence-corrected chi connectivity index (χ3v) is 2.44. The molecule has 0 saturated carbocycles. The first-order valence-electron chi connectivity index (χ1n) is 5.92. The van der Waals surface area contributed by atoms with Gasteiger partial charge in [0.2, 0.25) is 0 Å². The summed E-state index contributed by atoms with van der Waals surface area (Å²) in [5.41, 5.74) is 0.330. The molecule has 20 heavy (non-hydrogen) atoms. The van der Waals surface area contributed by atoms with Crippen LogP contribution in [0.2, 0.25) is 0 Å². The Morgan fingerprint density at radius 3 is 2.90 bits per heavy atom. The number of ether oxygens (including phenoxy) is 1. The van der Waals surface area contributed by atoms with E-state index in [9.17, 15) is 9.59 Å². The van der Waals surface area contributed by atoms with Crippen LogP contribution in [0.1, 0.15) is 10.4 Å². The summed E-state index contributed by atoms with van der Waals surface area (Å²) in [5, 5.41) is 11.4. The summed E-state index contributed by atoms with van der Waals surface area (Å²) in [6.45, 7) is 4.75. The standard InChI is InChI=1S/C13H17N3O4/c1-3-4-16(5-6-20-2)13(19)15-11-7-10(12(17)18)8-14-9-11/h3,7-9H,1,4-6H2,2H3,(H,15,19)(H,17,18). The number of amides is 2. The van der Waals surface area contributed by atoms with E-state index < -0.39 is 5.97 Å². The van der Waals surface area contributed by atoms with Gasteiger partial charge in [0.1, 0.15) is 0 Å². The number of urea groups is 1. The predicted molar refractivity (Wildman–Crippen MR) is 73.9 cm³/mol. The van der Waals surface area contributed by atoms with Gasteiger partial charge in [-0.25, -0.2) is 9.59 Å². The number of hydrogen-bond donors (Lipinski definition) is 2. The topological polar surface area (TPSA) is 91.8 Å². The lowest BCUT2D eigenvalue weighted by Gasteiger charge is -2.21. The minimum absolute atomic E-state index is 0.00922. The molecule has 0 aliphatic rings. The van der Waals surface area contributed by atoms with E-state index in [0.717, 1.165) is 0 Å². The molecule has 2 N–H and O–H groups in total. The number of methoxy groups -OCH3 is 1. The number of carbonyl (C=O) groups excluding carboxylic acids is 1. The minimum Gasteiger partial charge on any atom is -0.478 e. The zero-order chi connectivity index (χ0) is 15.0. The molecule has 108 valence electrons. The highest BCUT2D eigenvalue weighted by Gasteiger charge is 2.13. The fourth-order valence-corrected chi connectivity index (χ4v) is 1.46. The molecule has 1 heterocycles. The number of hydrogen-bond acceptors (Lipinski definition) is 4. The van der Waals surface area contributed by atoms with Crippen molar-refractivity contribution in [2.24, 2.45) is 0 Å². The van der Waals surface area contributed by atoms with E-state index in [0.29, 0.717) is 25.4 Å². The summed E-state index contributed by atoms with van der Waals surface area (Å²) >= 11 is 0. The number of carboxylic acids is 1. The maximum atomic E-state index is 12.0. The molecule has 0 aliphatic heterocycles. The van der Waals surface area contributed by atoms with Gasteiger partial charge in [0.15, 0.2) is 0 Å². The second-order valence-corrected chi connectivity index (χ2v) is 3.93. The van der Waals surface area contributed by atoms with Gasteiger partial charge in [-0.1, -0.05) is 6.08 Å². The lowest BCUT2D eigenvalue weighted by molar-refractivity contribution is 0.0696. The van der Waals surface area contributed by atoms with Crippen LogP contribution in [-0.2, 0) is 4.74 Å². The van der Waals surface area contributed by atoms with Crippen LogP contribution in [0, 0.1) is 0 Å². The molecule has 0 bridgehead atoms. The first-order chi connectivity index (χ1) is 9.58. The molecule has 0 spiro atoms. The van der Waals surface area contributed by atoms with Crippen molar-refractivity contribution >= 4 is 17.7 Å². The molecule has 0 unspecified atom stereocenters. The average Bonchev–Trinajstić information content (AvgIpc) is 2.43. The van der Waals surface area contributed by atoms with Gasteiger partial charge in [0, 0.05) is 26.4 Å². The van der Waals surface area contributed by atoms with E-state index in [1.54, 1.807) is 13.2 Å². The van der Waals surface area contributed by atoms with Gasteiger partial charge in [-0.3, -0.25) is 4.98 Å². The molecule has 2 amide bonds. The Balaban J connectivity index is 2.73. The molecular weight excluding hydrogens is 262 g/mol. The van der Waals surface area contributed by atoms with Gasteiger partial charge >= 0.3 is 12.0 Å². The summed E-state index contributed by atoms with van der Waals surface area (Å²) in [7, 11) is 1.55. The highest BCUT2D eigenvalue weighted by molar-refractivity contribution is 5.92. The van der Waals surface area contributed by atoms with Crippen molar-refractivity contribution in [3.8, 4) is 0 Å². The van der Waals surface area contributed by atoms with Crippen LogP contribution in [0.5, 0.6) is 0 Å². The Kier molecular flexibility index (Phi) is 6.18. The number of rotatable bonds is 7. The number of aromatic nitrogens is 1. The molecule has 7 nitrogen and oxygen atoms in total. The van der Waals surface area contributed by atoms with E-state index in [1.807, 2.05) is 0 Å². The summed E-state index contributed by atoms with van der Waals surface area (Å²) in [5.74, 6) is -1.10. The summed E-state index contributed by atoms with van der Waals surface area (Å²) < 4.78 is 4.92. The van der Waals surface area contributed by atoms with E-state index in [4.69, 9.17) is 9.84 Å². The maximum Gasteiger partial charge on any atom is 0.337 e. The SMILES string of the molecule is C=CCN(CCOC)C(=O)Nc1cncc(C(=O)O)c1. The van der Waals surface area contributed by atoms with Crippen molar-refractivity contribution < 1.29 is 19.4 Å². The quantitative estimate of drug-likeness (QED) is 0.737. The number of anilines is 1. The maximum absolute atomic E-state index is 12.0. The molecule has 0 saturated heterocycles. The van der Waals surface area contributed by atoms with Crippen LogP contribution in [0.3, 0.4) is 0 Å². The summed E-state index contributed by atoms with van der Waals surface area (Å²) in [6.07, 6.45) is 4.19. The predicted octanol–water partition coefficient (Wildman–Crippen LogP) is 1.45. The number of carboxylic acid groups (broad SMARTS) is 1. The molecule has 0 atom stereocenters. The van der Waals surface area contributed by atoms with Crippen LogP contribution in [-0.4, -0.2) is 53.8 Å². The van der Waals surface area contributed by atoms with Gasteiger partial charge in [0.05, 0.1) is 24.1 Å². The van der Waals surface area contributed by atoms with E-state index >= 15 is 0 Å². The smallest absolute Gasteiger partial charge is 0.337 e. The fourth-order valence-electron chi connectivity index (χ4n) is 1.46. The van der Waals surface area contributed by atoms with Crippen LogP contribution in [0.4, 0.5) is 10.5 Å². The molecular formula is C13H17N3O4. The monoisotopic (exact) mass is 279 g/mol. The van der Waals surface area contributed by atoms with Crippen LogP contribution in [0.25, 0.3) is 0 Å². The van der Waals surface area contributed by atoms with Crippen molar-refractivity contribution in [1.29, 1.82) is 0 Å². The third kappa shape index (κ3) is 4.69.